The summed E-state index contributed by atoms with van der Waals surface area (Å²) in [6, 6.07) is 0. The number of alkyl halides is 1. The van der Waals surface area contributed by atoms with Crippen molar-refractivity contribution in [3.05, 3.63) is 11.6 Å². The van der Waals surface area contributed by atoms with Gasteiger partial charge in [0, 0.05) is 5.38 Å². The standard InChI is InChI=1S/C12H15Cl/c13-10-5-8-4-9(10)12-7-2-1-6(3-7)11(8)12/h1,7-12H,2-5H2. The molecule has 3 fully saturated rings. The molecule has 0 amide bonds. The molecule has 0 radical (unpaired) electrons. The van der Waals surface area contributed by atoms with E-state index in [1.54, 1.807) is 0 Å². The predicted octanol–water partition coefficient (Wildman–Crippen LogP) is 3.22. The SMILES string of the molecule is ClC1CC2CC1C1C3CC=C(C3)C21. The molecule has 0 aromatic rings. The van der Waals surface area contributed by atoms with Crippen molar-refractivity contribution in [3.63, 3.8) is 0 Å². The fourth-order valence-corrected chi connectivity index (χ4v) is 5.36. The summed E-state index contributed by atoms with van der Waals surface area (Å²) in [6.45, 7) is 0. The molecule has 1 heteroatoms. The van der Waals surface area contributed by atoms with Crippen LogP contribution in [0.3, 0.4) is 0 Å². The van der Waals surface area contributed by atoms with Crippen molar-refractivity contribution in [1.29, 1.82) is 0 Å². The van der Waals surface area contributed by atoms with Crippen LogP contribution >= 0.6 is 11.6 Å². The Hall–Kier alpha value is 0.0300. The minimum Gasteiger partial charge on any atom is -0.123 e. The molecule has 4 aliphatic carbocycles. The average molecular weight is 195 g/mol. The molecular formula is C12H15Cl. The van der Waals surface area contributed by atoms with Gasteiger partial charge in [-0.2, -0.15) is 0 Å². The first kappa shape index (κ1) is 7.34. The van der Waals surface area contributed by atoms with Crippen molar-refractivity contribution in [2.24, 2.45) is 29.6 Å². The number of rotatable bonds is 0. The number of hydrogen-bond acceptors (Lipinski definition) is 0. The molecule has 13 heavy (non-hydrogen) atoms. The van der Waals surface area contributed by atoms with Crippen molar-refractivity contribution in [2.75, 3.05) is 0 Å². The monoisotopic (exact) mass is 194 g/mol. The van der Waals surface area contributed by atoms with Gasteiger partial charge in [-0.25, -0.2) is 0 Å². The molecule has 4 rings (SSSR count). The molecule has 4 aliphatic rings. The van der Waals surface area contributed by atoms with E-state index in [-0.39, 0.29) is 0 Å². The summed E-state index contributed by atoms with van der Waals surface area (Å²) in [4.78, 5) is 0. The van der Waals surface area contributed by atoms with Gasteiger partial charge in [0.05, 0.1) is 0 Å². The molecule has 70 valence electrons. The van der Waals surface area contributed by atoms with Gasteiger partial charge in [0.25, 0.3) is 0 Å². The maximum absolute atomic E-state index is 6.39. The highest BCUT2D eigenvalue weighted by Gasteiger charge is 2.59. The first-order valence-electron chi connectivity index (χ1n) is 5.67. The van der Waals surface area contributed by atoms with Crippen molar-refractivity contribution >= 4 is 11.6 Å². The van der Waals surface area contributed by atoms with Crippen molar-refractivity contribution in [2.45, 2.75) is 31.1 Å². The van der Waals surface area contributed by atoms with Crippen molar-refractivity contribution < 1.29 is 0 Å². The Morgan fingerprint density at radius 2 is 2.15 bits per heavy atom. The Morgan fingerprint density at radius 3 is 3.08 bits per heavy atom. The lowest BCUT2D eigenvalue weighted by molar-refractivity contribution is 0.219. The zero-order valence-electron chi connectivity index (χ0n) is 7.75. The van der Waals surface area contributed by atoms with Crippen LogP contribution in [0.5, 0.6) is 0 Å². The Kier molecular flexibility index (Phi) is 1.22. The highest BCUT2D eigenvalue weighted by Crippen LogP contribution is 2.66. The Morgan fingerprint density at radius 1 is 1.23 bits per heavy atom. The lowest BCUT2D eigenvalue weighted by Crippen LogP contribution is -2.30. The van der Waals surface area contributed by atoms with Gasteiger partial charge in [-0.05, 0) is 55.3 Å². The molecule has 0 nitrogen and oxygen atoms in total. The Labute approximate surface area is 84.3 Å². The predicted molar refractivity (Wildman–Crippen MR) is 53.6 cm³/mol. The molecule has 6 atom stereocenters. The summed E-state index contributed by atoms with van der Waals surface area (Å²) < 4.78 is 0. The zero-order valence-corrected chi connectivity index (χ0v) is 8.50. The molecule has 4 bridgehead atoms. The van der Waals surface area contributed by atoms with Gasteiger partial charge in [-0.3, -0.25) is 0 Å². The lowest BCUT2D eigenvalue weighted by atomic mass is 9.74. The van der Waals surface area contributed by atoms with Gasteiger partial charge in [-0.1, -0.05) is 11.6 Å². The van der Waals surface area contributed by atoms with Crippen LogP contribution in [0, 0.1) is 29.6 Å². The smallest absolute Gasteiger partial charge is 0.0370 e. The molecule has 0 aromatic carbocycles. The van der Waals surface area contributed by atoms with Crippen LogP contribution in [0.4, 0.5) is 0 Å². The maximum Gasteiger partial charge on any atom is 0.0370 e. The van der Waals surface area contributed by atoms with Crippen molar-refractivity contribution in [1.82, 2.24) is 0 Å². The van der Waals surface area contributed by atoms with E-state index >= 15 is 0 Å². The van der Waals surface area contributed by atoms with E-state index < -0.39 is 0 Å². The minimum absolute atomic E-state index is 0.534. The van der Waals surface area contributed by atoms with E-state index in [9.17, 15) is 0 Å². The third kappa shape index (κ3) is 0.719. The third-order valence-corrected chi connectivity index (χ3v) is 5.64. The summed E-state index contributed by atoms with van der Waals surface area (Å²) in [7, 11) is 0. The van der Waals surface area contributed by atoms with E-state index in [1.807, 2.05) is 5.57 Å². The lowest BCUT2D eigenvalue weighted by Gasteiger charge is -2.33. The quantitative estimate of drug-likeness (QED) is 0.316. The minimum atomic E-state index is 0.534. The second kappa shape index (κ2) is 2.16. The summed E-state index contributed by atoms with van der Waals surface area (Å²) in [6.07, 6.45) is 8.12. The topological polar surface area (TPSA) is 0 Å². The molecule has 0 N–H and O–H groups in total. The number of fused-ring (bicyclic) bond motifs is 9. The van der Waals surface area contributed by atoms with Gasteiger partial charge >= 0.3 is 0 Å². The molecule has 0 aliphatic heterocycles. The molecular weight excluding hydrogens is 180 g/mol. The molecule has 0 heterocycles. The van der Waals surface area contributed by atoms with Gasteiger partial charge in [-0.15, -0.1) is 11.6 Å². The molecule has 0 saturated heterocycles. The van der Waals surface area contributed by atoms with Gasteiger partial charge in [0.15, 0.2) is 0 Å². The van der Waals surface area contributed by atoms with Crippen LogP contribution in [-0.4, -0.2) is 5.38 Å². The zero-order chi connectivity index (χ0) is 8.58. The number of allylic oxidation sites excluding steroid dienone is 2. The normalized spacial score (nSPS) is 61.5. The molecule has 3 saturated carbocycles. The van der Waals surface area contributed by atoms with Crippen LogP contribution in [0.1, 0.15) is 25.7 Å². The van der Waals surface area contributed by atoms with Crippen LogP contribution < -0.4 is 0 Å². The highest BCUT2D eigenvalue weighted by molar-refractivity contribution is 6.21. The van der Waals surface area contributed by atoms with Gasteiger partial charge in [0.1, 0.15) is 0 Å². The molecule has 0 spiro atoms. The van der Waals surface area contributed by atoms with Crippen LogP contribution in [0.25, 0.3) is 0 Å². The Bertz CT molecular complexity index is 293. The highest BCUT2D eigenvalue weighted by atomic mass is 35.5. The van der Waals surface area contributed by atoms with Gasteiger partial charge in [0.2, 0.25) is 0 Å². The largest absolute Gasteiger partial charge is 0.123 e. The Balaban J connectivity index is 1.80. The van der Waals surface area contributed by atoms with E-state index in [2.05, 4.69) is 6.08 Å². The summed E-state index contributed by atoms with van der Waals surface area (Å²) >= 11 is 6.39. The van der Waals surface area contributed by atoms with E-state index in [0.717, 1.165) is 29.6 Å². The van der Waals surface area contributed by atoms with E-state index in [4.69, 9.17) is 11.6 Å². The first-order valence-corrected chi connectivity index (χ1v) is 6.11. The van der Waals surface area contributed by atoms with Crippen LogP contribution in [0.15, 0.2) is 11.6 Å². The van der Waals surface area contributed by atoms with E-state index in [0.29, 0.717) is 5.38 Å². The number of halogens is 1. The molecule has 6 unspecified atom stereocenters. The third-order valence-electron chi connectivity index (χ3n) is 5.14. The molecule has 0 aromatic heterocycles. The van der Waals surface area contributed by atoms with Crippen LogP contribution in [0.2, 0.25) is 0 Å². The van der Waals surface area contributed by atoms with Crippen molar-refractivity contribution in [3.8, 4) is 0 Å². The summed E-state index contributed by atoms with van der Waals surface area (Å²) in [5.41, 5.74) is 1.83. The van der Waals surface area contributed by atoms with E-state index in [1.165, 1.54) is 25.7 Å². The fraction of sp³-hybridized carbons (Fsp3) is 0.833. The average Bonchev–Trinajstić information content (AvgIpc) is 2.78. The summed E-state index contributed by atoms with van der Waals surface area (Å²) in [5, 5.41) is 0.534. The first-order chi connectivity index (χ1) is 6.34. The summed E-state index contributed by atoms with van der Waals surface area (Å²) in [5.74, 6) is 4.90. The number of hydrogen-bond donors (Lipinski definition) is 0. The maximum atomic E-state index is 6.39. The van der Waals surface area contributed by atoms with Crippen LogP contribution in [-0.2, 0) is 0 Å². The second-order valence-corrected chi connectivity index (χ2v) is 6.05. The van der Waals surface area contributed by atoms with Gasteiger partial charge < -0.3 is 0 Å². The fourth-order valence-electron chi connectivity index (χ4n) is 4.86. The second-order valence-electron chi connectivity index (χ2n) is 5.49.